The summed E-state index contributed by atoms with van der Waals surface area (Å²) in [5.41, 5.74) is 0. The minimum absolute atomic E-state index is 0. The number of halogens is 2. The number of carbonyl (C=O) groups is 1. The van der Waals surface area contributed by atoms with Gasteiger partial charge < -0.3 is 4.74 Å². The average Bonchev–Trinajstić information content (AvgIpc) is 2.18. The van der Waals surface area contributed by atoms with E-state index >= 15 is 0 Å². The molecular weight excluding hydrogens is 263 g/mol. The van der Waals surface area contributed by atoms with Crippen LogP contribution in [0.2, 0.25) is 0 Å². The number of nitrogens with zero attached hydrogens (tertiary/aromatic N) is 2. The Labute approximate surface area is 116 Å². The molecule has 0 bridgehead atoms. The molecule has 1 saturated heterocycles. The van der Waals surface area contributed by atoms with Crippen molar-refractivity contribution in [3.8, 4) is 0 Å². The zero-order valence-corrected chi connectivity index (χ0v) is 12.5. The lowest BCUT2D eigenvalue weighted by Crippen LogP contribution is -2.50. The fourth-order valence-corrected chi connectivity index (χ4v) is 1.83. The van der Waals surface area contributed by atoms with Crippen LogP contribution in [0, 0.1) is 0 Å². The first-order valence-corrected chi connectivity index (χ1v) is 5.75. The molecule has 0 N–H and O–H groups in total. The molecule has 0 spiro atoms. The van der Waals surface area contributed by atoms with E-state index in [1.807, 2.05) is 6.92 Å². The summed E-state index contributed by atoms with van der Waals surface area (Å²) in [6.45, 7) is 11.2. The van der Waals surface area contributed by atoms with Crippen LogP contribution in [0.25, 0.3) is 0 Å². The van der Waals surface area contributed by atoms with Gasteiger partial charge in [0.15, 0.2) is 0 Å². The number of hydrogen-bond donors (Lipinski definition) is 0. The minimum Gasteiger partial charge on any atom is -0.465 e. The summed E-state index contributed by atoms with van der Waals surface area (Å²) in [4.78, 5) is 15.8. The second-order valence-corrected chi connectivity index (χ2v) is 4.21. The van der Waals surface area contributed by atoms with Crippen molar-refractivity contribution in [2.24, 2.45) is 0 Å². The first-order chi connectivity index (χ1) is 7.13. The standard InChI is InChI=1S/C11H22N2O2.2ClH/c1-4-15-11(14)9-12-5-7-13(8-6-12)10(2)3;;/h10H,4-9H2,1-3H3;2*1H. The summed E-state index contributed by atoms with van der Waals surface area (Å²) < 4.78 is 4.92. The van der Waals surface area contributed by atoms with Gasteiger partial charge in [0.1, 0.15) is 0 Å². The first-order valence-electron chi connectivity index (χ1n) is 5.75. The van der Waals surface area contributed by atoms with E-state index in [9.17, 15) is 4.79 Å². The van der Waals surface area contributed by atoms with E-state index in [-0.39, 0.29) is 30.8 Å². The Morgan fingerprint density at radius 3 is 2.12 bits per heavy atom. The van der Waals surface area contributed by atoms with Crippen molar-refractivity contribution in [3.05, 3.63) is 0 Å². The highest BCUT2D eigenvalue weighted by Gasteiger charge is 2.20. The lowest BCUT2D eigenvalue weighted by Gasteiger charge is -2.36. The maximum atomic E-state index is 11.2. The molecular formula is C11H24Cl2N2O2. The molecule has 1 rings (SSSR count). The van der Waals surface area contributed by atoms with Gasteiger partial charge >= 0.3 is 5.97 Å². The molecule has 0 amide bonds. The molecule has 0 unspecified atom stereocenters. The molecule has 0 radical (unpaired) electrons. The van der Waals surface area contributed by atoms with E-state index in [2.05, 4.69) is 23.6 Å². The van der Waals surface area contributed by atoms with Crippen molar-refractivity contribution < 1.29 is 9.53 Å². The normalized spacial score (nSPS) is 17.2. The van der Waals surface area contributed by atoms with Crippen molar-refractivity contribution in [3.63, 3.8) is 0 Å². The highest BCUT2D eigenvalue weighted by molar-refractivity contribution is 5.85. The van der Waals surface area contributed by atoms with Gasteiger partial charge in [-0.3, -0.25) is 14.6 Å². The summed E-state index contributed by atoms with van der Waals surface area (Å²) in [6.07, 6.45) is 0. The van der Waals surface area contributed by atoms with E-state index in [4.69, 9.17) is 4.74 Å². The third kappa shape index (κ3) is 7.09. The van der Waals surface area contributed by atoms with Crippen molar-refractivity contribution in [2.45, 2.75) is 26.8 Å². The fourth-order valence-electron chi connectivity index (χ4n) is 1.83. The molecule has 4 nitrogen and oxygen atoms in total. The van der Waals surface area contributed by atoms with Crippen LogP contribution in [-0.2, 0) is 9.53 Å². The topological polar surface area (TPSA) is 32.8 Å². The van der Waals surface area contributed by atoms with Crippen LogP contribution in [-0.4, -0.2) is 61.1 Å². The van der Waals surface area contributed by atoms with Crippen LogP contribution in [0.3, 0.4) is 0 Å². The molecule has 0 aliphatic carbocycles. The van der Waals surface area contributed by atoms with Gasteiger partial charge in [-0.15, -0.1) is 24.8 Å². The summed E-state index contributed by atoms with van der Waals surface area (Å²) in [5, 5.41) is 0. The van der Waals surface area contributed by atoms with Crippen LogP contribution >= 0.6 is 24.8 Å². The van der Waals surface area contributed by atoms with Gasteiger partial charge in [0.05, 0.1) is 13.2 Å². The Morgan fingerprint density at radius 2 is 1.71 bits per heavy atom. The molecule has 0 atom stereocenters. The zero-order chi connectivity index (χ0) is 11.3. The van der Waals surface area contributed by atoms with Crippen LogP contribution in [0.1, 0.15) is 20.8 Å². The first kappa shape index (κ1) is 19.3. The highest BCUT2D eigenvalue weighted by Crippen LogP contribution is 2.05. The van der Waals surface area contributed by atoms with Crippen molar-refractivity contribution in [2.75, 3.05) is 39.3 Å². The maximum Gasteiger partial charge on any atom is 0.320 e. The largest absolute Gasteiger partial charge is 0.465 e. The van der Waals surface area contributed by atoms with Crippen molar-refractivity contribution in [1.82, 2.24) is 9.80 Å². The minimum atomic E-state index is -0.101. The van der Waals surface area contributed by atoms with Gasteiger partial charge in [0, 0.05) is 32.2 Å². The summed E-state index contributed by atoms with van der Waals surface area (Å²) >= 11 is 0. The SMILES string of the molecule is CCOC(=O)CN1CCN(C(C)C)CC1.Cl.Cl. The van der Waals surface area contributed by atoms with E-state index in [1.54, 1.807) is 0 Å². The number of rotatable bonds is 4. The van der Waals surface area contributed by atoms with Crippen molar-refractivity contribution in [1.29, 1.82) is 0 Å². The summed E-state index contributed by atoms with van der Waals surface area (Å²) in [6, 6.07) is 0.606. The molecule has 104 valence electrons. The number of piperazine rings is 1. The van der Waals surface area contributed by atoms with Crippen LogP contribution in [0.5, 0.6) is 0 Å². The van der Waals surface area contributed by atoms with Crippen LogP contribution in [0.4, 0.5) is 0 Å². The van der Waals surface area contributed by atoms with Gasteiger partial charge in [0.25, 0.3) is 0 Å². The second kappa shape index (κ2) is 9.95. The quantitative estimate of drug-likeness (QED) is 0.732. The Hall–Kier alpha value is -0.0300. The Morgan fingerprint density at radius 1 is 1.18 bits per heavy atom. The molecule has 6 heteroatoms. The Kier molecular flexibility index (Phi) is 11.3. The van der Waals surface area contributed by atoms with Crippen molar-refractivity contribution >= 4 is 30.8 Å². The third-order valence-electron chi connectivity index (χ3n) is 2.80. The second-order valence-electron chi connectivity index (χ2n) is 4.21. The molecule has 0 aromatic heterocycles. The molecule has 1 fully saturated rings. The molecule has 0 aromatic carbocycles. The van der Waals surface area contributed by atoms with Gasteiger partial charge in [-0.05, 0) is 20.8 Å². The molecule has 17 heavy (non-hydrogen) atoms. The van der Waals surface area contributed by atoms with E-state index < -0.39 is 0 Å². The predicted molar refractivity (Wildman–Crippen MR) is 74.3 cm³/mol. The lowest BCUT2D eigenvalue weighted by molar-refractivity contribution is -0.144. The zero-order valence-electron chi connectivity index (χ0n) is 10.8. The van der Waals surface area contributed by atoms with Gasteiger partial charge in [0.2, 0.25) is 0 Å². The van der Waals surface area contributed by atoms with Crippen LogP contribution in [0.15, 0.2) is 0 Å². The monoisotopic (exact) mass is 286 g/mol. The molecule has 1 heterocycles. The Bertz CT molecular complexity index is 208. The van der Waals surface area contributed by atoms with Crippen LogP contribution < -0.4 is 0 Å². The number of carbonyl (C=O) groups excluding carboxylic acids is 1. The molecule has 0 saturated carbocycles. The molecule has 1 aliphatic rings. The number of esters is 1. The maximum absolute atomic E-state index is 11.2. The average molecular weight is 287 g/mol. The third-order valence-corrected chi connectivity index (χ3v) is 2.80. The predicted octanol–water partition coefficient (Wildman–Crippen LogP) is 1.42. The smallest absolute Gasteiger partial charge is 0.320 e. The number of ether oxygens (including phenoxy) is 1. The number of hydrogen-bond acceptors (Lipinski definition) is 4. The Balaban J connectivity index is 0. The van der Waals surface area contributed by atoms with E-state index in [1.165, 1.54) is 0 Å². The van der Waals surface area contributed by atoms with E-state index in [0.717, 1.165) is 26.2 Å². The lowest BCUT2D eigenvalue weighted by atomic mass is 10.2. The van der Waals surface area contributed by atoms with Gasteiger partial charge in [-0.1, -0.05) is 0 Å². The highest BCUT2D eigenvalue weighted by atomic mass is 35.5. The fraction of sp³-hybridized carbons (Fsp3) is 0.909. The van der Waals surface area contributed by atoms with Gasteiger partial charge in [-0.25, -0.2) is 0 Å². The van der Waals surface area contributed by atoms with E-state index in [0.29, 0.717) is 19.2 Å². The molecule has 0 aromatic rings. The summed E-state index contributed by atoms with van der Waals surface area (Å²) in [7, 11) is 0. The van der Waals surface area contributed by atoms with Gasteiger partial charge in [-0.2, -0.15) is 0 Å². The summed E-state index contributed by atoms with van der Waals surface area (Å²) in [5.74, 6) is -0.101. The molecule has 1 aliphatic heterocycles.